The Morgan fingerprint density at radius 1 is 1.12 bits per heavy atom. The molecule has 7 heteroatoms. The van der Waals surface area contributed by atoms with E-state index in [1.165, 1.54) is 0 Å². The molecule has 0 aliphatic carbocycles. The summed E-state index contributed by atoms with van der Waals surface area (Å²) in [7, 11) is 0. The van der Waals surface area contributed by atoms with Crippen molar-refractivity contribution in [2.45, 2.75) is 45.1 Å². The van der Waals surface area contributed by atoms with Gasteiger partial charge < -0.3 is 16.0 Å². The number of anilines is 1. The molecule has 0 bridgehead atoms. The number of hydrogen-bond donors (Lipinski definition) is 3. The first-order valence-electron chi connectivity index (χ1n) is 10.9. The fourth-order valence-electron chi connectivity index (χ4n) is 3.76. The van der Waals surface area contributed by atoms with Gasteiger partial charge in [0.2, 0.25) is 0 Å². The summed E-state index contributed by atoms with van der Waals surface area (Å²) in [4.78, 5) is 17.9. The maximum Gasteiger partial charge on any atom is 0.319 e. The second-order valence-corrected chi connectivity index (χ2v) is 10.5. The number of amides is 2. The van der Waals surface area contributed by atoms with Crippen LogP contribution >= 0.6 is 22.9 Å². The second-order valence-electron chi connectivity index (χ2n) is 9.20. The number of piperidine rings is 1. The van der Waals surface area contributed by atoms with Gasteiger partial charge in [0.05, 0.1) is 5.02 Å². The molecule has 3 heterocycles. The molecule has 5 nitrogen and oxygen atoms in total. The normalized spacial score (nSPS) is 14.9. The molecule has 0 atom stereocenters. The Kier molecular flexibility index (Phi) is 6.84. The number of halogens is 1. The monoisotopic (exact) mass is 468 g/mol. The van der Waals surface area contributed by atoms with Gasteiger partial charge in [-0.3, -0.25) is 4.98 Å². The molecule has 2 amide bonds. The lowest BCUT2D eigenvalue weighted by Gasteiger charge is -2.23. The minimum absolute atomic E-state index is 0.00116. The summed E-state index contributed by atoms with van der Waals surface area (Å²) >= 11 is 8.25. The van der Waals surface area contributed by atoms with E-state index in [0.717, 1.165) is 53.2 Å². The van der Waals surface area contributed by atoms with Crippen molar-refractivity contribution in [1.82, 2.24) is 15.6 Å². The lowest BCUT2D eigenvalue weighted by Crippen LogP contribution is -2.44. The number of rotatable bonds is 4. The molecule has 3 aromatic rings. The number of hydrogen-bond acceptors (Lipinski definition) is 4. The van der Waals surface area contributed by atoms with E-state index in [1.54, 1.807) is 11.3 Å². The zero-order valence-corrected chi connectivity index (χ0v) is 20.2. The highest BCUT2D eigenvalue weighted by molar-refractivity contribution is 7.14. The largest absolute Gasteiger partial charge is 0.335 e. The summed E-state index contributed by atoms with van der Waals surface area (Å²) in [5, 5.41) is 12.0. The third-order valence-corrected chi connectivity index (χ3v) is 6.90. The van der Waals surface area contributed by atoms with Crippen molar-refractivity contribution in [3.63, 3.8) is 0 Å². The third kappa shape index (κ3) is 5.49. The summed E-state index contributed by atoms with van der Waals surface area (Å²) < 4.78 is 0. The van der Waals surface area contributed by atoms with Gasteiger partial charge in [0.25, 0.3) is 0 Å². The smallest absolute Gasteiger partial charge is 0.319 e. The number of urea groups is 1. The minimum atomic E-state index is -0.188. The van der Waals surface area contributed by atoms with E-state index in [-0.39, 0.29) is 17.5 Å². The van der Waals surface area contributed by atoms with Crippen LogP contribution in [0.5, 0.6) is 0 Å². The van der Waals surface area contributed by atoms with Gasteiger partial charge in [-0.2, -0.15) is 0 Å². The summed E-state index contributed by atoms with van der Waals surface area (Å²) in [6.07, 6.45) is 3.76. The molecule has 32 heavy (non-hydrogen) atoms. The van der Waals surface area contributed by atoms with E-state index in [9.17, 15) is 4.79 Å². The molecule has 3 N–H and O–H groups in total. The van der Waals surface area contributed by atoms with Crippen LogP contribution in [-0.2, 0) is 5.41 Å². The predicted octanol–water partition coefficient (Wildman–Crippen LogP) is 6.30. The Balaban J connectivity index is 1.47. The van der Waals surface area contributed by atoms with Crippen molar-refractivity contribution in [2.75, 3.05) is 18.4 Å². The Bertz CT molecular complexity index is 1100. The molecule has 2 aromatic heterocycles. The topological polar surface area (TPSA) is 66.1 Å². The molecular formula is C25H29ClN4OS. The van der Waals surface area contributed by atoms with E-state index in [0.29, 0.717) is 10.7 Å². The number of aromatic nitrogens is 1. The summed E-state index contributed by atoms with van der Waals surface area (Å²) in [5.74, 6) is 0. The molecule has 4 rings (SSSR count). The summed E-state index contributed by atoms with van der Waals surface area (Å²) in [6.45, 7) is 8.37. The first-order valence-corrected chi connectivity index (χ1v) is 12.2. The standard InChI is InChI=1S/C25H29ClN4OS/c1-25(2,3)23-13-16(6-11-28-23)17-12-22(32-15-17)20-5-4-19(14-21(20)26)30-24(31)29-18-7-9-27-10-8-18/h4-6,11-15,18,27H,7-10H2,1-3H3,(H2,29,30,31). The molecule has 1 aliphatic rings. The minimum Gasteiger partial charge on any atom is -0.335 e. The number of thiophene rings is 1. The first kappa shape index (κ1) is 22.8. The van der Waals surface area contributed by atoms with Gasteiger partial charge in [0.15, 0.2) is 0 Å². The quantitative estimate of drug-likeness (QED) is 0.420. The van der Waals surface area contributed by atoms with Crippen molar-refractivity contribution in [3.8, 4) is 21.6 Å². The number of benzene rings is 1. The molecule has 1 fully saturated rings. The van der Waals surface area contributed by atoms with Crippen LogP contribution in [0.4, 0.5) is 10.5 Å². The van der Waals surface area contributed by atoms with Crippen LogP contribution in [-0.4, -0.2) is 30.1 Å². The Morgan fingerprint density at radius 2 is 1.91 bits per heavy atom. The number of nitrogens with zero attached hydrogens (tertiary/aromatic N) is 1. The van der Waals surface area contributed by atoms with E-state index in [4.69, 9.17) is 11.6 Å². The van der Waals surface area contributed by atoms with Crippen LogP contribution < -0.4 is 16.0 Å². The maximum absolute atomic E-state index is 12.3. The highest BCUT2D eigenvalue weighted by Crippen LogP contribution is 2.38. The van der Waals surface area contributed by atoms with E-state index < -0.39 is 0 Å². The molecule has 1 aliphatic heterocycles. The van der Waals surface area contributed by atoms with Crippen LogP contribution in [0.3, 0.4) is 0 Å². The lowest BCUT2D eigenvalue weighted by molar-refractivity contribution is 0.245. The summed E-state index contributed by atoms with van der Waals surface area (Å²) in [6, 6.07) is 12.0. The highest BCUT2D eigenvalue weighted by Gasteiger charge is 2.18. The zero-order chi connectivity index (χ0) is 22.7. The van der Waals surface area contributed by atoms with Crippen molar-refractivity contribution >= 4 is 34.7 Å². The van der Waals surface area contributed by atoms with Crippen molar-refractivity contribution in [2.24, 2.45) is 0 Å². The fourth-order valence-corrected chi connectivity index (χ4v) is 5.06. The molecule has 0 unspecified atom stereocenters. The number of nitrogens with one attached hydrogen (secondary N) is 3. The average Bonchev–Trinajstić information content (AvgIpc) is 3.24. The molecule has 1 aromatic carbocycles. The fraction of sp³-hybridized carbons (Fsp3) is 0.360. The molecule has 0 radical (unpaired) electrons. The van der Waals surface area contributed by atoms with Crippen molar-refractivity contribution < 1.29 is 4.79 Å². The maximum atomic E-state index is 12.3. The first-order chi connectivity index (χ1) is 15.3. The van der Waals surface area contributed by atoms with Crippen LogP contribution in [0.1, 0.15) is 39.3 Å². The van der Waals surface area contributed by atoms with Gasteiger partial charge in [0.1, 0.15) is 0 Å². The van der Waals surface area contributed by atoms with Crippen LogP contribution in [0, 0.1) is 0 Å². The van der Waals surface area contributed by atoms with Gasteiger partial charge in [0, 0.05) is 39.5 Å². The summed E-state index contributed by atoms with van der Waals surface area (Å²) in [5.41, 5.74) is 5.01. The average molecular weight is 469 g/mol. The SMILES string of the molecule is CC(C)(C)c1cc(-c2csc(-c3ccc(NC(=O)NC4CCNCC4)cc3Cl)c2)ccn1. The molecule has 1 saturated heterocycles. The van der Waals surface area contributed by atoms with E-state index in [1.807, 2.05) is 30.5 Å². The van der Waals surface area contributed by atoms with Gasteiger partial charge in [-0.15, -0.1) is 11.3 Å². The van der Waals surface area contributed by atoms with Crippen molar-refractivity contribution in [3.05, 3.63) is 58.7 Å². The van der Waals surface area contributed by atoms with Gasteiger partial charge in [-0.05, 0) is 78.8 Å². The number of carbonyl (C=O) groups excluding carboxylic acids is 1. The molecule has 168 valence electrons. The van der Waals surface area contributed by atoms with E-state index in [2.05, 4.69) is 59.2 Å². The Labute approximate surface area is 198 Å². The Morgan fingerprint density at radius 3 is 2.62 bits per heavy atom. The lowest BCUT2D eigenvalue weighted by atomic mass is 9.90. The van der Waals surface area contributed by atoms with Crippen molar-refractivity contribution in [1.29, 1.82) is 0 Å². The van der Waals surface area contributed by atoms with Gasteiger partial charge in [-0.1, -0.05) is 32.4 Å². The number of pyridine rings is 1. The van der Waals surface area contributed by atoms with Crippen LogP contribution in [0.2, 0.25) is 5.02 Å². The molecule has 0 spiro atoms. The zero-order valence-electron chi connectivity index (χ0n) is 18.7. The van der Waals surface area contributed by atoms with Gasteiger partial charge >= 0.3 is 6.03 Å². The van der Waals surface area contributed by atoms with Gasteiger partial charge in [-0.25, -0.2) is 4.79 Å². The Hall–Kier alpha value is -2.41. The molecule has 0 saturated carbocycles. The number of carbonyl (C=O) groups is 1. The second kappa shape index (κ2) is 9.61. The van der Waals surface area contributed by atoms with E-state index >= 15 is 0 Å². The highest BCUT2D eigenvalue weighted by atomic mass is 35.5. The van der Waals surface area contributed by atoms with Crippen LogP contribution in [0.15, 0.2) is 48.0 Å². The third-order valence-electron chi connectivity index (χ3n) is 5.63. The predicted molar refractivity (Wildman–Crippen MR) is 135 cm³/mol. The molecular weight excluding hydrogens is 440 g/mol. The van der Waals surface area contributed by atoms with Crippen LogP contribution in [0.25, 0.3) is 21.6 Å².